The highest BCUT2D eigenvalue weighted by Gasteiger charge is 2.07. The average Bonchev–Trinajstić information content (AvgIpc) is 2.37. The summed E-state index contributed by atoms with van der Waals surface area (Å²) in [6.45, 7) is 1.59. The molecule has 0 spiro atoms. The molecule has 0 aliphatic heterocycles. The third-order valence-electron chi connectivity index (χ3n) is 3.22. The number of halogens is 1. The van der Waals surface area contributed by atoms with Gasteiger partial charge in [0.1, 0.15) is 0 Å². The number of Topliss-reactive ketones (excluding diaryl/α,β-unsaturated/α-hetero) is 1. The highest BCUT2D eigenvalue weighted by Crippen LogP contribution is 2.29. The molecule has 0 aromatic heterocycles. The van der Waals surface area contributed by atoms with E-state index in [4.69, 9.17) is 11.6 Å². The summed E-state index contributed by atoms with van der Waals surface area (Å²) in [5.41, 5.74) is 0.759. The molecule has 0 bridgehead atoms. The quantitative estimate of drug-likeness (QED) is 0.448. The zero-order valence-corrected chi connectivity index (χ0v) is 10.7. The van der Waals surface area contributed by atoms with Crippen LogP contribution in [0.25, 0.3) is 21.5 Å². The first-order valence-electron chi connectivity index (χ1n) is 5.79. The number of carbonyl (C=O) groups excluding carboxylic acids is 1. The fourth-order valence-electron chi connectivity index (χ4n) is 2.37. The molecule has 2 heteroatoms. The Kier molecular flexibility index (Phi) is 2.57. The van der Waals surface area contributed by atoms with Crippen LogP contribution in [0.2, 0.25) is 5.02 Å². The van der Waals surface area contributed by atoms with E-state index in [0.717, 1.165) is 27.1 Å². The van der Waals surface area contributed by atoms with Gasteiger partial charge < -0.3 is 0 Å². The highest BCUT2D eigenvalue weighted by molar-refractivity contribution is 6.32. The molecule has 18 heavy (non-hydrogen) atoms. The molecule has 0 atom stereocenters. The van der Waals surface area contributed by atoms with E-state index in [9.17, 15) is 4.79 Å². The lowest BCUT2D eigenvalue weighted by Crippen LogP contribution is -1.93. The summed E-state index contributed by atoms with van der Waals surface area (Å²) < 4.78 is 0. The molecule has 3 aromatic rings. The topological polar surface area (TPSA) is 17.1 Å². The second kappa shape index (κ2) is 4.11. The number of ketones is 1. The Labute approximate surface area is 110 Å². The van der Waals surface area contributed by atoms with Crippen LogP contribution in [0.5, 0.6) is 0 Å². The van der Waals surface area contributed by atoms with Gasteiger partial charge in [0.25, 0.3) is 0 Å². The predicted octanol–water partition coefficient (Wildman–Crippen LogP) is 4.85. The molecule has 3 rings (SSSR count). The van der Waals surface area contributed by atoms with E-state index in [1.807, 2.05) is 48.5 Å². The van der Waals surface area contributed by atoms with Crippen molar-refractivity contribution in [1.82, 2.24) is 0 Å². The summed E-state index contributed by atoms with van der Waals surface area (Å²) >= 11 is 6.05. The Morgan fingerprint density at radius 1 is 0.944 bits per heavy atom. The molecule has 1 nitrogen and oxygen atoms in total. The molecular weight excluding hydrogens is 244 g/mol. The Balaban J connectivity index is 2.51. The molecule has 0 N–H and O–H groups in total. The van der Waals surface area contributed by atoms with Crippen LogP contribution in [-0.4, -0.2) is 5.78 Å². The van der Waals surface area contributed by atoms with Crippen molar-refractivity contribution in [2.75, 3.05) is 0 Å². The van der Waals surface area contributed by atoms with E-state index in [1.165, 1.54) is 0 Å². The van der Waals surface area contributed by atoms with E-state index >= 15 is 0 Å². The monoisotopic (exact) mass is 254 g/mol. The highest BCUT2D eigenvalue weighted by atomic mass is 35.5. The summed E-state index contributed by atoms with van der Waals surface area (Å²) in [7, 11) is 0. The maximum absolute atomic E-state index is 11.6. The Hall–Kier alpha value is -1.86. The first-order valence-corrected chi connectivity index (χ1v) is 6.16. The normalized spacial score (nSPS) is 11.0. The van der Waals surface area contributed by atoms with Crippen LogP contribution >= 0.6 is 11.6 Å². The molecular formula is C16H11ClO. The van der Waals surface area contributed by atoms with Gasteiger partial charge in [-0.3, -0.25) is 4.79 Å². The van der Waals surface area contributed by atoms with Gasteiger partial charge in [-0.25, -0.2) is 0 Å². The Bertz CT molecular complexity index is 774. The van der Waals surface area contributed by atoms with E-state index in [-0.39, 0.29) is 5.78 Å². The van der Waals surface area contributed by atoms with Gasteiger partial charge in [-0.1, -0.05) is 48.0 Å². The molecule has 0 fully saturated rings. The molecule has 0 saturated carbocycles. The van der Waals surface area contributed by atoms with Crippen molar-refractivity contribution < 1.29 is 4.79 Å². The maximum atomic E-state index is 11.6. The second-order valence-electron chi connectivity index (χ2n) is 4.39. The lowest BCUT2D eigenvalue weighted by Gasteiger charge is -2.07. The van der Waals surface area contributed by atoms with Crippen molar-refractivity contribution in [3.05, 3.63) is 59.1 Å². The van der Waals surface area contributed by atoms with Crippen LogP contribution in [-0.2, 0) is 0 Å². The number of carbonyl (C=O) groups is 1. The number of hydrogen-bond acceptors (Lipinski definition) is 1. The van der Waals surface area contributed by atoms with Crippen molar-refractivity contribution in [1.29, 1.82) is 0 Å². The summed E-state index contributed by atoms with van der Waals surface area (Å²) in [4.78, 5) is 11.6. The standard InChI is InChI=1S/C16H11ClO/c1-10(18)13-3-2-4-14-15(13)8-6-11-5-7-12(17)9-16(11)14/h2-9H,1H3. The van der Waals surface area contributed by atoms with Gasteiger partial charge in [0, 0.05) is 10.6 Å². The minimum absolute atomic E-state index is 0.0852. The lowest BCUT2D eigenvalue weighted by atomic mass is 9.97. The summed E-state index contributed by atoms with van der Waals surface area (Å²) in [5, 5.41) is 4.99. The molecule has 3 aromatic carbocycles. The second-order valence-corrected chi connectivity index (χ2v) is 4.82. The number of hydrogen-bond donors (Lipinski definition) is 0. The van der Waals surface area contributed by atoms with Crippen LogP contribution < -0.4 is 0 Å². The van der Waals surface area contributed by atoms with Crippen LogP contribution in [0, 0.1) is 0 Å². The van der Waals surface area contributed by atoms with E-state index in [0.29, 0.717) is 5.02 Å². The zero-order chi connectivity index (χ0) is 12.7. The van der Waals surface area contributed by atoms with Crippen molar-refractivity contribution in [3.8, 4) is 0 Å². The first-order chi connectivity index (χ1) is 8.66. The third-order valence-corrected chi connectivity index (χ3v) is 3.46. The summed E-state index contributed by atoms with van der Waals surface area (Å²) in [6.07, 6.45) is 0. The molecule has 0 saturated heterocycles. The van der Waals surface area contributed by atoms with Gasteiger partial charge in [-0.2, -0.15) is 0 Å². The SMILES string of the molecule is CC(=O)c1cccc2c1ccc1ccc(Cl)cc12. The van der Waals surface area contributed by atoms with Crippen molar-refractivity contribution in [2.45, 2.75) is 6.92 Å². The summed E-state index contributed by atoms with van der Waals surface area (Å²) in [6, 6.07) is 15.7. The summed E-state index contributed by atoms with van der Waals surface area (Å²) in [5.74, 6) is 0.0852. The minimum Gasteiger partial charge on any atom is -0.294 e. The fraction of sp³-hybridized carbons (Fsp3) is 0.0625. The number of benzene rings is 3. The van der Waals surface area contributed by atoms with Gasteiger partial charge in [0.15, 0.2) is 5.78 Å². The maximum Gasteiger partial charge on any atom is 0.160 e. The van der Waals surface area contributed by atoms with Crippen LogP contribution in [0.15, 0.2) is 48.5 Å². The van der Waals surface area contributed by atoms with Gasteiger partial charge in [0.05, 0.1) is 0 Å². The van der Waals surface area contributed by atoms with Crippen LogP contribution in [0.4, 0.5) is 0 Å². The average molecular weight is 255 g/mol. The van der Waals surface area contributed by atoms with Crippen LogP contribution in [0.3, 0.4) is 0 Å². The predicted molar refractivity (Wildman–Crippen MR) is 76.5 cm³/mol. The van der Waals surface area contributed by atoms with Crippen molar-refractivity contribution >= 4 is 38.9 Å². The van der Waals surface area contributed by atoms with Gasteiger partial charge >= 0.3 is 0 Å². The van der Waals surface area contributed by atoms with Gasteiger partial charge in [0.2, 0.25) is 0 Å². The Morgan fingerprint density at radius 3 is 2.50 bits per heavy atom. The van der Waals surface area contributed by atoms with E-state index in [2.05, 4.69) is 0 Å². The third kappa shape index (κ3) is 1.68. The van der Waals surface area contributed by atoms with E-state index < -0.39 is 0 Å². The number of rotatable bonds is 1. The molecule has 0 amide bonds. The molecule has 0 heterocycles. The smallest absolute Gasteiger partial charge is 0.160 e. The number of fused-ring (bicyclic) bond motifs is 3. The lowest BCUT2D eigenvalue weighted by molar-refractivity contribution is 0.101. The van der Waals surface area contributed by atoms with Crippen molar-refractivity contribution in [2.24, 2.45) is 0 Å². The first kappa shape index (κ1) is 11.2. The minimum atomic E-state index is 0.0852. The fourth-order valence-corrected chi connectivity index (χ4v) is 2.54. The van der Waals surface area contributed by atoms with Crippen LogP contribution in [0.1, 0.15) is 17.3 Å². The molecule has 0 aliphatic rings. The molecule has 0 radical (unpaired) electrons. The molecule has 88 valence electrons. The Morgan fingerprint density at radius 2 is 1.72 bits per heavy atom. The van der Waals surface area contributed by atoms with E-state index in [1.54, 1.807) is 6.92 Å². The molecule has 0 aliphatic carbocycles. The van der Waals surface area contributed by atoms with Gasteiger partial charge in [-0.05, 0) is 40.6 Å². The van der Waals surface area contributed by atoms with Gasteiger partial charge in [-0.15, -0.1) is 0 Å². The van der Waals surface area contributed by atoms with Crippen molar-refractivity contribution in [3.63, 3.8) is 0 Å². The zero-order valence-electron chi connectivity index (χ0n) is 9.91. The largest absolute Gasteiger partial charge is 0.294 e. The molecule has 0 unspecified atom stereocenters.